The van der Waals surface area contributed by atoms with Crippen molar-refractivity contribution in [3.8, 4) is 5.69 Å². The van der Waals surface area contributed by atoms with Gasteiger partial charge < -0.3 is 10.6 Å². The first-order valence-electron chi connectivity index (χ1n) is 9.45. The molecule has 0 atom stereocenters. The van der Waals surface area contributed by atoms with Crippen LogP contribution in [0.25, 0.3) is 5.69 Å². The highest BCUT2D eigenvalue weighted by Crippen LogP contribution is 2.14. The second-order valence-electron chi connectivity index (χ2n) is 6.43. The summed E-state index contributed by atoms with van der Waals surface area (Å²) < 4.78 is 29.1. The van der Waals surface area contributed by atoms with Crippen molar-refractivity contribution in [2.45, 2.75) is 4.90 Å². The molecule has 0 radical (unpaired) electrons. The van der Waals surface area contributed by atoms with Gasteiger partial charge in [0.1, 0.15) is 5.82 Å². The molecular weight excluding hydrogens is 416 g/mol. The molecule has 0 aliphatic carbocycles. The maximum atomic E-state index is 12.5. The minimum absolute atomic E-state index is 0.190. The number of benzene rings is 1. The number of nitrogens with zero attached hydrogens (tertiary/aromatic N) is 5. The van der Waals surface area contributed by atoms with Crippen LogP contribution in [-0.2, 0) is 10.0 Å². The van der Waals surface area contributed by atoms with Gasteiger partial charge in [0.15, 0.2) is 5.82 Å². The van der Waals surface area contributed by atoms with Gasteiger partial charge in [-0.1, -0.05) is 0 Å². The molecule has 0 saturated heterocycles. The summed E-state index contributed by atoms with van der Waals surface area (Å²) >= 11 is 0. The summed E-state index contributed by atoms with van der Waals surface area (Å²) in [6.07, 6.45) is 6.81. The highest BCUT2D eigenvalue weighted by atomic mass is 32.2. The number of anilines is 3. The molecule has 0 unspecified atom stereocenters. The molecular formula is C20H20N8O2S. The maximum absolute atomic E-state index is 12.5. The van der Waals surface area contributed by atoms with Crippen molar-refractivity contribution in [2.75, 3.05) is 23.7 Å². The van der Waals surface area contributed by atoms with Crippen LogP contribution in [0.1, 0.15) is 0 Å². The Hall–Kier alpha value is -3.83. The van der Waals surface area contributed by atoms with Gasteiger partial charge in [0, 0.05) is 43.6 Å². The molecule has 0 fully saturated rings. The fourth-order valence-electron chi connectivity index (χ4n) is 2.74. The Bertz CT molecular complexity index is 1200. The third kappa shape index (κ3) is 5.41. The predicted octanol–water partition coefficient (Wildman–Crippen LogP) is 2.19. The zero-order chi connectivity index (χ0) is 21.5. The Morgan fingerprint density at radius 3 is 2.26 bits per heavy atom. The summed E-state index contributed by atoms with van der Waals surface area (Å²) in [6.45, 7) is 0.554. The van der Waals surface area contributed by atoms with E-state index < -0.39 is 10.0 Å². The fourth-order valence-corrected chi connectivity index (χ4v) is 3.77. The minimum atomic E-state index is -3.61. The van der Waals surface area contributed by atoms with Crippen molar-refractivity contribution >= 4 is 27.3 Å². The monoisotopic (exact) mass is 436 g/mol. The Kier molecular flexibility index (Phi) is 6.15. The van der Waals surface area contributed by atoms with Crippen molar-refractivity contribution in [1.82, 2.24) is 29.7 Å². The van der Waals surface area contributed by atoms with Gasteiger partial charge in [0.05, 0.1) is 10.6 Å². The Morgan fingerprint density at radius 1 is 0.839 bits per heavy atom. The smallest absolute Gasteiger partial charge is 0.240 e. The molecule has 31 heavy (non-hydrogen) atoms. The standard InChI is InChI=1S/C20H20N8O2S/c29-31(30,18-4-2-17(3-5-18)28-15-1-10-23-28)24-14-13-22-19-6-7-20(27-26-19)25-16-8-11-21-12-9-16/h1-12,15,24H,13-14H2,(H,22,26)(H,21,25,27). The summed E-state index contributed by atoms with van der Waals surface area (Å²) in [5.41, 5.74) is 1.64. The lowest BCUT2D eigenvalue weighted by atomic mass is 10.3. The molecule has 3 aromatic heterocycles. The van der Waals surface area contributed by atoms with E-state index in [1.165, 1.54) is 0 Å². The van der Waals surface area contributed by atoms with E-state index >= 15 is 0 Å². The molecule has 4 rings (SSSR count). The number of hydrogen-bond donors (Lipinski definition) is 3. The van der Waals surface area contributed by atoms with Gasteiger partial charge >= 0.3 is 0 Å². The lowest BCUT2D eigenvalue weighted by molar-refractivity contribution is 0.583. The van der Waals surface area contributed by atoms with Crippen LogP contribution in [0.5, 0.6) is 0 Å². The first-order valence-corrected chi connectivity index (χ1v) is 10.9. The van der Waals surface area contributed by atoms with Gasteiger partial charge in [-0.25, -0.2) is 17.8 Å². The van der Waals surface area contributed by atoms with Gasteiger partial charge in [-0.15, -0.1) is 10.2 Å². The van der Waals surface area contributed by atoms with E-state index in [4.69, 9.17) is 0 Å². The summed E-state index contributed by atoms with van der Waals surface area (Å²) in [5, 5.41) is 18.4. The van der Waals surface area contributed by atoms with Gasteiger partial charge in [-0.05, 0) is 54.6 Å². The van der Waals surface area contributed by atoms with Crippen LogP contribution in [0.4, 0.5) is 17.3 Å². The molecule has 11 heteroatoms. The highest BCUT2D eigenvalue weighted by Gasteiger charge is 2.13. The normalized spacial score (nSPS) is 11.2. The molecule has 3 heterocycles. The van der Waals surface area contributed by atoms with Crippen LogP contribution in [0.3, 0.4) is 0 Å². The second-order valence-corrected chi connectivity index (χ2v) is 8.20. The van der Waals surface area contributed by atoms with E-state index in [0.29, 0.717) is 18.2 Å². The SMILES string of the molecule is O=S(=O)(NCCNc1ccc(Nc2ccncc2)nn1)c1ccc(-n2cccn2)cc1. The van der Waals surface area contributed by atoms with Crippen LogP contribution in [0.15, 0.2) is 84.3 Å². The lowest BCUT2D eigenvalue weighted by Crippen LogP contribution is -2.29. The highest BCUT2D eigenvalue weighted by molar-refractivity contribution is 7.89. The summed E-state index contributed by atoms with van der Waals surface area (Å²) in [5.74, 6) is 1.14. The molecule has 0 spiro atoms. The second kappa shape index (κ2) is 9.32. The molecule has 0 saturated carbocycles. The van der Waals surface area contributed by atoms with Crippen LogP contribution >= 0.6 is 0 Å². The van der Waals surface area contributed by atoms with E-state index in [-0.39, 0.29) is 11.4 Å². The number of hydrogen-bond acceptors (Lipinski definition) is 8. The van der Waals surface area contributed by atoms with Crippen LogP contribution in [0.2, 0.25) is 0 Å². The number of rotatable bonds is 9. The van der Waals surface area contributed by atoms with Crippen molar-refractivity contribution in [3.05, 3.63) is 79.4 Å². The van der Waals surface area contributed by atoms with Crippen molar-refractivity contribution in [2.24, 2.45) is 0 Å². The zero-order valence-corrected chi connectivity index (χ0v) is 17.2. The molecule has 4 aromatic rings. The molecule has 0 aliphatic rings. The maximum Gasteiger partial charge on any atom is 0.240 e. The average molecular weight is 437 g/mol. The van der Waals surface area contributed by atoms with Crippen molar-refractivity contribution in [1.29, 1.82) is 0 Å². The topological polar surface area (TPSA) is 127 Å². The molecule has 0 bridgehead atoms. The number of sulfonamides is 1. The molecule has 3 N–H and O–H groups in total. The molecule has 0 aliphatic heterocycles. The molecule has 0 amide bonds. The molecule has 158 valence electrons. The quantitative estimate of drug-likeness (QED) is 0.341. The van der Waals surface area contributed by atoms with Crippen LogP contribution in [-0.4, -0.2) is 46.5 Å². The predicted molar refractivity (Wildman–Crippen MR) is 117 cm³/mol. The van der Waals surface area contributed by atoms with Gasteiger partial charge in [-0.2, -0.15) is 5.10 Å². The summed E-state index contributed by atoms with van der Waals surface area (Å²) in [4.78, 5) is 4.15. The van der Waals surface area contributed by atoms with E-state index in [2.05, 4.69) is 35.6 Å². The number of nitrogens with one attached hydrogen (secondary N) is 3. The van der Waals surface area contributed by atoms with E-state index in [1.807, 2.05) is 12.1 Å². The number of pyridine rings is 1. The Labute approximate surface area is 179 Å². The van der Waals surface area contributed by atoms with Crippen LogP contribution in [0, 0.1) is 0 Å². The minimum Gasteiger partial charge on any atom is -0.367 e. The first kappa shape index (κ1) is 20.4. The average Bonchev–Trinajstić information content (AvgIpc) is 3.34. The summed E-state index contributed by atoms with van der Waals surface area (Å²) in [6, 6.07) is 15.5. The fraction of sp³-hybridized carbons (Fsp3) is 0.100. The first-order chi connectivity index (χ1) is 15.1. The van der Waals surface area contributed by atoms with Gasteiger partial charge in [0.25, 0.3) is 0 Å². The van der Waals surface area contributed by atoms with E-state index in [0.717, 1.165) is 11.4 Å². The van der Waals surface area contributed by atoms with Gasteiger partial charge in [0.2, 0.25) is 10.0 Å². The van der Waals surface area contributed by atoms with Crippen LogP contribution < -0.4 is 15.4 Å². The van der Waals surface area contributed by atoms with E-state index in [1.54, 1.807) is 71.9 Å². The Morgan fingerprint density at radius 2 is 1.58 bits per heavy atom. The van der Waals surface area contributed by atoms with E-state index in [9.17, 15) is 8.42 Å². The number of aromatic nitrogens is 5. The lowest BCUT2D eigenvalue weighted by Gasteiger charge is -2.09. The van der Waals surface area contributed by atoms with Crippen molar-refractivity contribution < 1.29 is 8.42 Å². The summed E-state index contributed by atoms with van der Waals surface area (Å²) in [7, 11) is -3.61. The zero-order valence-electron chi connectivity index (χ0n) is 16.4. The Balaban J connectivity index is 1.26. The third-order valence-electron chi connectivity index (χ3n) is 4.26. The third-order valence-corrected chi connectivity index (χ3v) is 5.73. The molecule has 10 nitrogen and oxygen atoms in total. The largest absolute Gasteiger partial charge is 0.367 e. The van der Waals surface area contributed by atoms with Gasteiger partial charge in [-0.3, -0.25) is 4.98 Å². The molecule has 1 aromatic carbocycles. The van der Waals surface area contributed by atoms with Crippen molar-refractivity contribution in [3.63, 3.8) is 0 Å².